The Kier molecular flexibility index (Phi) is 7.52. The molecule has 0 unspecified atom stereocenters. The van der Waals surface area contributed by atoms with Crippen molar-refractivity contribution >= 4 is 29.3 Å². The number of carbonyl (C=O) groups excluding carboxylic acids is 2. The molecule has 2 atom stereocenters. The predicted octanol–water partition coefficient (Wildman–Crippen LogP) is 2.26. The molecule has 0 fully saturated rings. The molecule has 0 aliphatic rings. The highest BCUT2D eigenvalue weighted by Gasteiger charge is 2.35. The van der Waals surface area contributed by atoms with Gasteiger partial charge in [0.05, 0.1) is 11.3 Å². The van der Waals surface area contributed by atoms with Crippen LogP contribution in [0, 0.1) is 10.1 Å². The van der Waals surface area contributed by atoms with Crippen LogP contribution in [-0.2, 0) is 20.7 Å². The predicted molar refractivity (Wildman–Crippen MR) is 113 cm³/mol. The maximum absolute atomic E-state index is 13.3. The first-order valence-electron chi connectivity index (χ1n) is 9.66. The number of alkyl carbamates (subject to hydrolysis) is 1. The average molecular weight is 447 g/mol. The van der Waals surface area contributed by atoms with E-state index in [9.17, 15) is 29.6 Å². The SMILES string of the molecule is C[C@H](NC(=O)OC(C)(C)C)C(=O)N(c1ccc([N+](=O)[O-])cc1)[C@@H](Cc1cnc[nH]1)C(=O)O. The van der Waals surface area contributed by atoms with Crippen LogP contribution in [0.3, 0.4) is 0 Å². The summed E-state index contributed by atoms with van der Waals surface area (Å²) in [7, 11) is 0. The van der Waals surface area contributed by atoms with Gasteiger partial charge in [0.2, 0.25) is 5.91 Å². The number of aliphatic carboxylic acids is 1. The van der Waals surface area contributed by atoms with Crippen molar-refractivity contribution in [3.8, 4) is 0 Å². The Hall–Kier alpha value is -3.96. The number of carboxylic acids is 1. The lowest BCUT2D eigenvalue weighted by Gasteiger charge is -2.31. The number of nitro benzene ring substituents is 1. The monoisotopic (exact) mass is 447 g/mol. The summed E-state index contributed by atoms with van der Waals surface area (Å²) >= 11 is 0. The van der Waals surface area contributed by atoms with Crippen LogP contribution in [0.15, 0.2) is 36.8 Å². The Labute approximate surface area is 183 Å². The molecule has 0 spiro atoms. The Morgan fingerprint density at radius 3 is 2.38 bits per heavy atom. The summed E-state index contributed by atoms with van der Waals surface area (Å²) in [6.07, 6.45) is 1.84. The van der Waals surface area contributed by atoms with Gasteiger partial charge in [-0.1, -0.05) is 0 Å². The van der Waals surface area contributed by atoms with E-state index in [2.05, 4.69) is 15.3 Å². The summed E-state index contributed by atoms with van der Waals surface area (Å²) in [5.74, 6) is -2.05. The molecule has 1 aromatic carbocycles. The second kappa shape index (κ2) is 9.90. The minimum absolute atomic E-state index is 0.114. The largest absolute Gasteiger partial charge is 0.480 e. The van der Waals surface area contributed by atoms with Crippen LogP contribution in [-0.4, -0.2) is 55.7 Å². The molecule has 32 heavy (non-hydrogen) atoms. The maximum Gasteiger partial charge on any atom is 0.408 e. The second-order valence-corrected chi connectivity index (χ2v) is 7.98. The minimum atomic E-state index is -1.38. The molecule has 1 aromatic heterocycles. The fourth-order valence-corrected chi connectivity index (χ4v) is 2.84. The number of H-pyrrole nitrogens is 1. The Balaban J connectivity index is 2.39. The van der Waals surface area contributed by atoms with E-state index in [0.717, 1.165) is 17.0 Å². The molecule has 2 aromatic rings. The van der Waals surface area contributed by atoms with Crippen molar-refractivity contribution in [2.24, 2.45) is 0 Å². The molecule has 2 amide bonds. The lowest BCUT2D eigenvalue weighted by atomic mass is 10.1. The van der Waals surface area contributed by atoms with Crippen molar-refractivity contribution < 1.29 is 29.2 Å². The second-order valence-electron chi connectivity index (χ2n) is 7.98. The molecule has 3 N–H and O–H groups in total. The number of carbonyl (C=O) groups is 3. The van der Waals surface area contributed by atoms with Crippen molar-refractivity contribution in [2.45, 2.75) is 51.8 Å². The van der Waals surface area contributed by atoms with Crippen molar-refractivity contribution in [1.29, 1.82) is 0 Å². The van der Waals surface area contributed by atoms with Crippen LogP contribution in [0.2, 0.25) is 0 Å². The summed E-state index contributed by atoms with van der Waals surface area (Å²) in [6.45, 7) is 6.37. The molecular formula is C20H25N5O7. The van der Waals surface area contributed by atoms with Gasteiger partial charge in [0, 0.05) is 36.1 Å². The summed E-state index contributed by atoms with van der Waals surface area (Å²) < 4.78 is 5.15. The molecule has 0 aliphatic heterocycles. The van der Waals surface area contributed by atoms with E-state index in [1.54, 1.807) is 20.8 Å². The number of benzene rings is 1. The van der Waals surface area contributed by atoms with Crippen LogP contribution in [0.25, 0.3) is 0 Å². The molecule has 0 radical (unpaired) electrons. The van der Waals surface area contributed by atoms with Gasteiger partial charge < -0.3 is 20.1 Å². The van der Waals surface area contributed by atoms with E-state index in [1.807, 2.05) is 0 Å². The maximum atomic E-state index is 13.3. The number of anilines is 1. The number of rotatable bonds is 8. The summed E-state index contributed by atoms with van der Waals surface area (Å²) in [6, 6.07) is 2.35. The fourth-order valence-electron chi connectivity index (χ4n) is 2.84. The third-order valence-electron chi connectivity index (χ3n) is 4.24. The van der Waals surface area contributed by atoms with Gasteiger partial charge >= 0.3 is 12.1 Å². The zero-order valence-corrected chi connectivity index (χ0v) is 18.1. The summed E-state index contributed by atoms with van der Waals surface area (Å²) in [4.78, 5) is 55.5. The highest BCUT2D eigenvalue weighted by atomic mass is 16.6. The van der Waals surface area contributed by atoms with Gasteiger partial charge in [0.15, 0.2) is 0 Å². The minimum Gasteiger partial charge on any atom is -0.480 e. The third kappa shape index (κ3) is 6.52. The summed E-state index contributed by atoms with van der Waals surface area (Å²) in [5, 5.41) is 23.2. The first kappa shape index (κ1) is 24.3. The normalized spacial score (nSPS) is 13.0. The number of carboxylic acid groups (broad SMARTS) is 1. The molecule has 0 saturated heterocycles. The van der Waals surface area contributed by atoms with Gasteiger partial charge in [-0.2, -0.15) is 0 Å². The number of imidazole rings is 1. The zero-order valence-electron chi connectivity index (χ0n) is 18.1. The van der Waals surface area contributed by atoms with E-state index < -0.39 is 40.6 Å². The summed E-state index contributed by atoms with van der Waals surface area (Å²) in [5.41, 5.74) is -0.438. The van der Waals surface area contributed by atoms with Gasteiger partial charge in [-0.25, -0.2) is 14.6 Å². The first-order chi connectivity index (χ1) is 14.9. The number of amides is 2. The fraction of sp³-hybridized carbons (Fsp3) is 0.400. The molecule has 1 heterocycles. The quantitative estimate of drug-likeness (QED) is 0.409. The van der Waals surface area contributed by atoms with Crippen LogP contribution in [0.1, 0.15) is 33.4 Å². The van der Waals surface area contributed by atoms with E-state index in [4.69, 9.17) is 4.74 Å². The van der Waals surface area contributed by atoms with Gasteiger partial charge in [-0.3, -0.25) is 19.8 Å². The van der Waals surface area contributed by atoms with Crippen LogP contribution in [0.4, 0.5) is 16.2 Å². The van der Waals surface area contributed by atoms with Gasteiger partial charge in [-0.15, -0.1) is 0 Å². The Morgan fingerprint density at radius 1 is 1.28 bits per heavy atom. The molecule has 0 saturated carbocycles. The van der Waals surface area contributed by atoms with E-state index >= 15 is 0 Å². The number of nitrogens with one attached hydrogen (secondary N) is 2. The van der Waals surface area contributed by atoms with E-state index in [1.165, 1.54) is 31.6 Å². The zero-order chi connectivity index (χ0) is 24.1. The van der Waals surface area contributed by atoms with Gasteiger partial charge in [-0.05, 0) is 39.8 Å². The number of non-ortho nitro benzene ring substituents is 1. The van der Waals surface area contributed by atoms with Gasteiger partial charge in [0.25, 0.3) is 5.69 Å². The van der Waals surface area contributed by atoms with Crippen molar-refractivity contribution in [1.82, 2.24) is 15.3 Å². The molecular weight excluding hydrogens is 422 g/mol. The molecule has 0 aliphatic carbocycles. The van der Waals surface area contributed by atoms with Gasteiger partial charge in [0.1, 0.15) is 17.7 Å². The molecule has 172 valence electrons. The van der Waals surface area contributed by atoms with Crippen molar-refractivity contribution in [3.05, 3.63) is 52.6 Å². The average Bonchev–Trinajstić information content (AvgIpc) is 3.19. The van der Waals surface area contributed by atoms with Crippen molar-refractivity contribution in [3.63, 3.8) is 0 Å². The molecule has 2 rings (SSSR count). The molecule has 12 nitrogen and oxygen atoms in total. The smallest absolute Gasteiger partial charge is 0.408 e. The number of hydrogen-bond donors (Lipinski definition) is 3. The lowest BCUT2D eigenvalue weighted by molar-refractivity contribution is -0.384. The number of hydrogen-bond acceptors (Lipinski definition) is 7. The number of aromatic nitrogens is 2. The van der Waals surface area contributed by atoms with Crippen LogP contribution >= 0.6 is 0 Å². The standard InChI is InChI=1S/C20H25N5O7/c1-12(23-19(29)32-20(2,3)4)17(26)24(14-5-7-15(8-6-14)25(30)31)16(18(27)28)9-13-10-21-11-22-13/h5-8,10-12,16H,9H2,1-4H3,(H,21,22)(H,23,29)(H,27,28)/t12-,16-/m0/s1. The molecule has 0 bridgehead atoms. The Bertz CT molecular complexity index is 967. The lowest BCUT2D eigenvalue weighted by Crippen LogP contribution is -2.54. The topological polar surface area (TPSA) is 168 Å². The van der Waals surface area contributed by atoms with E-state index in [0.29, 0.717) is 5.69 Å². The van der Waals surface area contributed by atoms with Crippen molar-refractivity contribution in [2.75, 3.05) is 4.90 Å². The third-order valence-corrected chi connectivity index (χ3v) is 4.24. The van der Waals surface area contributed by atoms with Crippen LogP contribution in [0.5, 0.6) is 0 Å². The molecule has 12 heteroatoms. The number of nitrogens with zero attached hydrogens (tertiary/aromatic N) is 3. The van der Waals surface area contributed by atoms with E-state index in [-0.39, 0.29) is 17.8 Å². The number of nitro groups is 1. The highest BCUT2D eigenvalue weighted by Crippen LogP contribution is 2.24. The Morgan fingerprint density at radius 2 is 1.91 bits per heavy atom. The highest BCUT2D eigenvalue weighted by molar-refractivity contribution is 6.03. The number of ether oxygens (including phenoxy) is 1. The first-order valence-corrected chi connectivity index (χ1v) is 9.66. The van der Waals surface area contributed by atoms with Crippen LogP contribution < -0.4 is 10.2 Å². The number of aromatic amines is 1.